The molecule has 0 N–H and O–H groups in total. The number of thiophene rings is 1. The normalized spacial score (nSPS) is 15.8. The highest BCUT2D eigenvalue weighted by atomic mass is 32.1. The van der Waals surface area contributed by atoms with Gasteiger partial charge in [-0.1, -0.05) is 84.8 Å². The Bertz CT molecular complexity index is 2290. The van der Waals surface area contributed by atoms with E-state index in [1.165, 1.54) is 65.4 Å². The molecule has 4 aliphatic rings. The molecule has 0 bridgehead atoms. The lowest BCUT2D eigenvalue weighted by atomic mass is 9.71. The van der Waals surface area contributed by atoms with E-state index < -0.39 is 0 Å². The van der Waals surface area contributed by atoms with Crippen LogP contribution in [0.15, 0.2) is 158 Å². The van der Waals surface area contributed by atoms with Gasteiger partial charge in [0.15, 0.2) is 0 Å². The minimum atomic E-state index is 0.0848. The van der Waals surface area contributed by atoms with Gasteiger partial charge in [0.1, 0.15) is 0 Å². The van der Waals surface area contributed by atoms with Crippen LogP contribution in [-0.4, -0.2) is 14.0 Å². The monoisotopic (exact) mass is 592 g/mol. The molecule has 0 spiro atoms. The fourth-order valence-corrected chi connectivity index (χ4v) is 8.64. The quantitative estimate of drug-likeness (QED) is 0.190. The molecule has 7 heteroatoms. The van der Waals surface area contributed by atoms with Crippen LogP contribution in [0.5, 0.6) is 0 Å². The van der Waals surface area contributed by atoms with Gasteiger partial charge in [0.25, 0.3) is 0 Å². The Kier molecular flexibility index (Phi) is 5.30. The summed E-state index contributed by atoms with van der Waals surface area (Å²) in [6.45, 7) is 0.209. The predicted molar refractivity (Wildman–Crippen MR) is 195 cm³/mol. The maximum atomic E-state index is 2.51. The molecule has 5 heterocycles. The van der Waals surface area contributed by atoms with Crippen molar-refractivity contribution < 1.29 is 0 Å². The van der Waals surface area contributed by atoms with E-state index in [0.717, 1.165) is 0 Å². The summed E-state index contributed by atoms with van der Waals surface area (Å²) in [7, 11) is 0. The molecule has 0 unspecified atom stereocenters. The zero-order valence-electron chi connectivity index (χ0n) is 24.4. The molecular weight excluding hydrogens is 566 g/mol. The van der Waals surface area contributed by atoms with E-state index in [4.69, 9.17) is 0 Å². The van der Waals surface area contributed by atoms with Gasteiger partial charge in [-0.3, -0.25) is 0 Å². The zero-order valence-corrected chi connectivity index (χ0v) is 25.2. The van der Waals surface area contributed by atoms with Crippen LogP contribution >= 0.6 is 11.3 Å². The van der Waals surface area contributed by atoms with Gasteiger partial charge < -0.3 is 19.2 Å². The summed E-state index contributed by atoms with van der Waals surface area (Å²) in [4.78, 5) is 9.71. The van der Waals surface area contributed by atoms with Gasteiger partial charge in [0.05, 0.1) is 27.4 Å². The van der Waals surface area contributed by atoms with Crippen LogP contribution in [0.3, 0.4) is 0 Å². The largest absolute Gasteiger partial charge is 0.412 e. The third kappa shape index (κ3) is 3.62. The molecule has 0 fully saturated rings. The minimum Gasteiger partial charge on any atom is -0.366 e. The summed E-state index contributed by atoms with van der Waals surface area (Å²) in [5.41, 5.74) is 9.77. The first-order valence-electron chi connectivity index (χ1n) is 15.4. The van der Waals surface area contributed by atoms with E-state index in [-0.39, 0.29) is 14.0 Å². The molecule has 4 aliphatic heterocycles. The lowest BCUT2D eigenvalue weighted by Gasteiger charge is -2.27. The Morgan fingerprint density at radius 2 is 1.09 bits per heavy atom. The van der Waals surface area contributed by atoms with Gasteiger partial charge in [-0.15, -0.1) is 11.3 Å². The van der Waals surface area contributed by atoms with Gasteiger partial charge >= 0.3 is 14.0 Å². The second-order valence-electron chi connectivity index (χ2n) is 11.8. The number of rotatable bonds is 3. The van der Waals surface area contributed by atoms with Crippen molar-refractivity contribution in [3.63, 3.8) is 0 Å². The van der Waals surface area contributed by atoms with Crippen molar-refractivity contribution in [1.82, 2.24) is 0 Å². The van der Waals surface area contributed by atoms with Gasteiger partial charge in [-0.25, -0.2) is 0 Å². The van der Waals surface area contributed by atoms with Crippen LogP contribution in [-0.2, 0) is 0 Å². The van der Waals surface area contributed by atoms with Gasteiger partial charge in [-0.05, 0) is 84.2 Å². The Balaban J connectivity index is 1.09. The SMILES string of the molecule is C1=CB2N(C=C1)c1cc(-c3ccc4c(c3)N3C=CC=CB3N4c3cccc4c3sc3ccccc34)ccc1N2c1ccccc1. The predicted octanol–water partition coefficient (Wildman–Crippen LogP) is 9.86. The molecule has 0 aliphatic carbocycles. The molecule has 0 saturated heterocycles. The van der Waals surface area contributed by atoms with Crippen LogP contribution in [0, 0.1) is 0 Å². The van der Waals surface area contributed by atoms with E-state index in [0.29, 0.717) is 0 Å². The summed E-state index contributed by atoms with van der Waals surface area (Å²) in [5.74, 6) is 4.57. The Morgan fingerprint density at radius 1 is 0.467 bits per heavy atom. The molecule has 0 radical (unpaired) electrons. The Labute approximate surface area is 267 Å². The number of hydrogen-bond donors (Lipinski definition) is 0. The Hall–Kier alpha value is -5.39. The van der Waals surface area contributed by atoms with E-state index in [9.17, 15) is 0 Å². The summed E-state index contributed by atoms with van der Waals surface area (Å²) in [6, 6.07) is 40.1. The minimum absolute atomic E-state index is 0.0848. The first-order chi connectivity index (χ1) is 22.3. The van der Waals surface area contributed by atoms with Crippen LogP contribution in [0.2, 0.25) is 0 Å². The molecule has 0 atom stereocenters. The fraction of sp³-hybridized carbons (Fsp3) is 0. The molecule has 1 aromatic heterocycles. The zero-order chi connectivity index (χ0) is 29.5. The summed E-state index contributed by atoms with van der Waals surface area (Å²) >= 11 is 1.89. The molecule has 4 nitrogen and oxygen atoms in total. The van der Waals surface area contributed by atoms with Crippen LogP contribution < -0.4 is 19.2 Å². The fourth-order valence-electron chi connectivity index (χ4n) is 7.43. The highest BCUT2D eigenvalue weighted by molar-refractivity contribution is 7.26. The van der Waals surface area contributed by atoms with Crippen molar-refractivity contribution in [3.05, 3.63) is 158 Å². The summed E-state index contributed by atoms with van der Waals surface area (Å²) in [5, 5.41) is 2.65. The van der Waals surface area contributed by atoms with Gasteiger partial charge in [0, 0.05) is 26.8 Å². The van der Waals surface area contributed by atoms with Crippen molar-refractivity contribution in [1.29, 1.82) is 0 Å². The first kappa shape index (κ1) is 25.0. The molecule has 5 aromatic carbocycles. The second-order valence-corrected chi connectivity index (χ2v) is 12.9. The molecule has 0 amide bonds. The number of hydrogen-bond acceptors (Lipinski definition) is 5. The van der Waals surface area contributed by atoms with Crippen LogP contribution in [0.4, 0.5) is 34.1 Å². The van der Waals surface area contributed by atoms with Crippen LogP contribution in [0.1, 0.15) is 0 Å². The number of para-hydroxylation sites is 1. The van der Waals surface area contributed by atoms with Crippen molar-refractivity contribution in [3.8, 4) is 11.1 Å². The number of fused-ring (bicyclic) bond motifs is 9. The van der Waals surface area contributed by atoms with E-state index in [1.54, 1.807) is 0 Å². The van der Waals surface area contributed by atoms with Crippen molar-refractivity contribution in [2.45, 2.75) is 0 Å². The van der Waals surface area contributed by atoms with Gasteiger partial charge in [-0.2, -0.15) is 0 Å². The highest BCUT2D eigenvalue weighted by Gasteiger charge is 2.42. The van der Waals surface area contributed by atoms with Gasteiger partial charge in [0.2, 0.25) is 0 Å². The lowest BCUT2D eigenvalue weighted by Crippen LogP contribution is -2.42. The molecular formula is C38H26B2N4S. The molecule has 210 valence electrons. The van der Waals surface area contributed by atoms with Crippen LogP contribution in [0.25, 0.3) is 31.3 Å². The third-order valence-electron chi connectivity index (χ3n) is 9.42. The molecule has 6 aromatic rings. The third-order valence-corrected chi connectivity index (χ3v) is 10.6. The van der Waals surface area contributed by atoms with E-state index >= 15 is 0 Å². The highest BCUT2D eigenvalue weighted by Crippen LogP contribution is 2.51. The average Bonchev–Trinajstić information content (AvgIpc) is 3.76. The smallest absolute Gasteiger partial charge is 0.366 e. The summed E-state index contributed by atoms with van der Waals surface area (Å²) in [6.07, 6.45) is 13.0. The standard InChI is InChI=1S/C38H26B2N4S/c1-2-11-29(12-3-1)43-32-19-17-27(25-35(32)41-23-8-6-21-39(41)43)28-18-20-33-36(26-28)42-24-9-7-22-40(42)44(33)34-15-10-14-31-30-13-4-5-16-37(30)45-38(31)34/h1-26H. The second kappa shape index (κ2) is 9.55. The molecule has 45 heavy (non-hydrogen) atoms. The topological polar surface area (TPSA) is 13.0 Å². The number of allylic oxidation sites excluding steroid dienone is 4. The number of nitrogens with zero attached hydrogens (tertiary/aromatic N) is 4. The maximum Gasteiger partial charge on any atom is 0.412 e. The van der Waals surface area contributed by atoms with Crippen molar-refractivity contribution in [2.24, 2.45) is 0 Å². The number of benzene rings is 5. The first-order valence-corrected chi connectivity index (χ1v) is 16.2. The average molecular weight is 592 g/mol. The summed E-state index contributed by atoms with van der Waals surface area (Å²) < 4.78 is 2.66. The van der Waals surface area contributed by atoms with E-state index in [1.807, 2.05) is 11.3 Å². The number of anilines is 6. The molecule has 10 rings (SSSR count). The lowest BCUT2D eigenvalue weighted by molar-refractivity contribution is 1.39. The Morgan fingerprint density at radius 3 is 1.82 bits per heavy atom. The van der Waals surface area contributed by atoms with E-state index in [2.05, 4.69) is 177 Å². The molecule has 0 saturated carbocycles. The maximum absolute atomic E-state index is 2.51. The van der Waals surface area contributed by atoms with Crippen molar-refractivity contribution >= 4 is 79.6 Å². The van der Waals surface area contributed by atoms with Crippen molar-refractivity contribution in [2.75, 3.05) is 19.2 Å².